The molecule has 2 N–H and O–H groups in total. The van der Waals surface area contributed by atoms with Crippen LogP contribution in [0.1, 0.15) is 23.3 Å². The summed E-state index contributed by atoms with van der Waals surface area (Å²) in [5, 5.41) is 18.0. The number of para-hydroxylation sites is 1. The summed E-state index contributed by atoms with van der Waals surface area (Å²) in [5.74, 6) is 0.164. The maximum absolute atomic E-state index is 12.6. The average molecular weight is 506 g/mol. The van der Waals surface area contributed by atoms with Crippen LogP contribution in [0.25, 0.3) is 11.4 Å². The van der Waals surface area contributed by atoms with Gasteiger partial charge in [0.2, 0.25) is 0 Å². The first kappa shape index (κ1) is 22.7. The molecule has 0 unspecified atom stereocenters. The molecule has 1 aliphatic carbocycles. The Bertz CT molecular complexity index is 1180. The molecule has 1 aliphatic rings. The zero-order chi connectivity index (χ0) is 23.4. The van der Waals surface area contributed by atoms with Gasteiger partial charge >= 0.3 is 187 Å². The number of methoxy groups -OCH3 is 1. The Hall–Kier alpha value is -3.47. The molecule has 0 spiro atoms. The van der Waals surface area contributed by atoms with Gasteiger partial charge in [0.05, 0.1) is 0 Å². The van der Waals surface area contributed by atoms with Crippen molar-refractivity contribution in [1.29, 1.82) is 0 Å². The van der Waals surface area contributed by atoms with Crippen molar-refractivity contribution < 1.29 is 40.9 Å². The van der Waals surface area contributed by atoms with E-state index in [1.54, 1.807) is 18.2 Å². The summed E-state index contributed by atoms with van der Waals surface area (Å²) in [4.78, 5) is 28.6. The number of amides is 1. The second-order valence-electron chi connectivity index (χ2n) is 7.22. The van der Waals surface area contributed by atoms with E-state index in [2.05, 4.69) is 30.9 Å². The van der Waals surface area contributed by atoms with Crippen molar-refractivity contribution in [3.05, 3.63) is 36.3 Å². The second-order valence-corrected chi connectivity index (χ2v) is 7.82. The van der Waals surface area contributed by atoms with Crippen LogP contribution < -0.4 is 15.4 Å². The zero-order valence-electron chi connectivity index (χ0n) is 17.7. The summed E-state index contributed by atoms with van der Waals surface area (Å²) >= 11 is 0.284. The molecule has 0 saturated heterocycles. The first-order chi connectivity index (χ1) is 16.0. The summed E-state index contributed by atoms with van der Waals surface area (Å²) in [6.07, 6.45) is 3.12. The molecule has 167 valence electrons. The summed E-state index contributed by atoms with van der Waals surface area (Å²) in [6, 6.07) is 6.76. The third-order valence-electron chi connectivity index (χ3n) is 4.90. The topological polar surface area (TPSA) is 133 Å². The maximum atomic E-state index is 12.6. The molecule has 1 saturated carbocycles. The van der Waals surface area contributed by atoms with Crippen LogP contribution in [-0.4, -0.2) is 50.6 Å². The monoisotopic (exact) mass is 504 g/mol. The van der Waals surface area contributed by atoms with E-state index in [0.29, 0.717) is 22.8 Å². The Balaban J connectivity index is 1.69. The van der Waals surface area contributed by atoms with E-state index in [-0.39, 0.29) is 54.2 Å². The number of hydrogen-bond donors (Lipinski definition) is 2. The number of rotatable bonds is 9. The SMILES string of the molecule is COc1c(Nc2cc(NC(=O)C3CC3)nnc2C(=O)[O][Zn])cccc1-c1ncn(CCF)n1. The molecule has 1 aromatic carbocycles. The van der Waals surface area contributed by atoms with Crippen LogP contribution in [0.2, 0.25) is 0 Å². The third-order valence-corrected chi connectivity index (χ3v) is 5.45. The van der Waals surface area contributed by atoms with Crippen LogP contribution in [0.15, 0.2) is 30.6 Å². The Morgan fingerprint density at radius 2 is 2.09 bits per heavy atom. The summed E-state index contributed by atoms with van der Waals surface area (Å²) < 4.78 is 24.6. The number of ether oxygens (including phenoxy) is 1. The molecule has 13 heteroatoms. The number of aromatic nitrogens is 5. The minimum atomic E-state index is -0.646. The number of carbonyl (C=O) groups is 2. The van der Waals surface area contributed by atoms with Gasteiger partial charge in [-0.05, 0) is 0 Å². The molecule has 0 radical (unpaired) electrons. The molecule has 1 amide bonds. The Kier molecular flexibility index (Phi) is 6.88. The molecule has 2 heterocycles. The first-order valence-electron chi connectivity index (χ1n) is 10.1. The number of anilines is 3. The van der Waals surface area contributed by atoms with E-state index in [4.69, 9.17) is 8.30 Å². The summed E-state index contributed by atoms with van der Waals surface area (Å²) in [6.45, 7) is -0.466. The van der Waals surface area contributed by atoms with Gasteiger partial charge in [0.1, 0.15) is 6.67 Å². The molecule has 0 aliphatic heterocycles. The van der Waals surface area contributed by atoms with Gasteiger partial charge in [-0.3, -0.25) is 0 Å². The molecule has 0 atom stereocenters. The van der Waals surface area contributed by atoms with E-state index in [0.717, 1.165) is 12.8 Å². The minimum absolute atomic E-state index is 0.0182. The molecule has 2 aromatic heterocycles. The quantitative estimate of drug-likeness (QED) is 0.420. The van der Waals surface area contributed by atoms with Crippen molar-refractivity contribution in [1.82, 2.24) is 25.0 Å². The van der Waals surface area contributed by atoms with Gasteiger partial charge in [0.15, 0.2) is 0 Å². The number of nitrogens with one attached hydrogen (secondary N) is 2. The predicted octanol–water partition coefficient (Wildman–Crippen LogP) is 2.42. The fourth-order valence-corrected chi connectivity index (χ4v) is 3.42. The van der Waals surface area contributed by atoms with E-state index in [1.807, 2.05) is 0 Å². The number of alkyl halides is 1. The number of benzene rings is 1. The third kappa shape index (κ3) is 5.14. The van der Waals surface area contributed by atoms with Gasteiger partial charge in [-0.1, -0.05) is 0 Å². The molecular weight excluding hydrogens is 487 g/mol. The van der Waals surface area contributed by atoms with Crippen LogP contribution >= 0.6 is 0 Å². The number of nitrogens with zero attached hydrogens (tertiary/aromatic N) is 5. The van der Waals surface area contributed by atoms with Gasteiger partial charge in [-0.25, -0.2) is 4.39 Å². The van der Waals surface area contributed by atoms with Gasteiger partial charge < -0.3 is 0 Å². The number of carbonyl (C=O) groups excluding carboxylic acids is 2. The van der Waals surface area contributed by atoms with Crippen LogP contribution in [0.5, 0.6) is 5.75 Å². The van der Waals surface area contributed by atoms with E-state index < -0.39 is 12.6 Å². The molecular formula is C20H19FN7O4Zn. The number of halogens is 1. The van der Waals surface area contributed by atoms with Gasteiger partial charge in [-0.15, -0.1) is 0 Å². The fraction of sp³-hybridized carbons (Fsp3) is 0.300. The fourth-order valence-electron chi connectivity index (χ4n) is 3.13. The molecule has 11 nitrogen and oxygen atoms in total. The molecule has 1 fully saturated rings. The van der Waals surface area contributed by atoms with Crippen molar-refractivity contribution in [2.45, 2.75) is 19.4 Å². The molecule has 33 heavy (non-hydrogen) atoms. The summed E-state index contributed by atoms with van der Waals surface area (Å²) in [5.41, 5.74) is 1.30. The Morgan fingerprint density at radius 1 is 1.27 bits per heavy atom. The first-order valence-corrected chi connectivity index (χ1v) is 11.3. The van der Waals surface area contributed by atoms with Crippen LogP contribution in [0, 0.1) is 5.92 Å². The van der Waals surface area contributed by atoms with Crippen LogP contribution in [0.3, 0.4) is 0 Å². The van der Waals surface area contributed by atoms with Crippen LogP contribution in [-0.2, 0) is 33.6 Å². The van der Waals surface area contributed by atoms with Crippen molar-refractivity contribution in [2.24, 2.45) is 5.92 Å². The molecule has 4 rings (SSSR count). The second kappa shape index (κ2) is 9.99. The van der Waals surface area contributed by atoms with Crippen molar-refractivity contribution in [3.63, 3.8) is 0 Å². The Labute approximate surface area is 198 Å². The summed E-state index contributed by atoms with van der Waals surface area (Å²) in [7, 11) is 1.49. The Morgan fingerprint density at radius 3 is 2.79 bits per heavy atom. The average Bonchev–Trinajstić information content (AvgIpc) is 3.58. The van der Waals surface area contributed by atoms with E-state index in [9.17, 15) is 14.0 Å². The van der Waals surface area contributed by atoms with E-state index >= 15 is 0 Å². The normalized spacial score (nSPS) is 12.8. The predicted molar refractivity (Wildman–Crippen MR) is 110 cm³/mol. The molecule has 0 bridgehead atoms. The van der Waals surface area contributed by atoms with Gasteiger partial charge in [-0.2, -0.15) is 0 Å². The number of hydrogen-bond acceptors (Lipinski definition) is 9. The van der Waals surface area contributed by atoms with Crippen molar-refractivity contribution in [3.8, 4) is 17.1 Å². The van der Waals surface area contributed by atoms with Gasteiger partial charge in [0, 0.05) is 0 Å². The van der Waals surface area contributed by atoms with Crippen LogP contribution in [0.4, 0.5) is 21.6 Å². The van der Waals surface area contributed by atoms with Gasteiger partial charge in [0.25, 0.3) is 0 Å². The van der Waals surface area contributed by atoms with E-state index in [1.165, 1.54) is 24.2 Å². The zero-order valence-corrected chi connectivity index (χ0v) is 20.7. The van der Waals surface area contributed by atoms with Crippen molar-refractivity contribution >= 4 is 29.1 Å². The standard InChI is InChI=1S/C20H20FN7O4.Zn/c1-32-17-12(18-22-10-28(27-18)8-7-21)3-2-4-13(17)23-14-9-15(24-19(29)11-5-6-11)25-26-16(14)20(30)31;/h2-4,9-11H,5-8H2,1H3,(H,30,31)(H2,23,24,25,29);/q;+1/p-1. The van der Waals surface area contributed by atoms with Crippen molar-refractivity contribution in [2.75, 3.05) is 24.4 Å². The number of aryl methyl sites for hydroxylation is 1. The molecule has 3 aromatic rings.